The second-order valence-corrected chi connectivity index (χ2v) is 9.37. The number of urea groups is 1. The van der Waals surface area contributed by atoms with Crippen LogP contribution in [0.3, 0.4) is 0 Å². The van der Waals surface area contributed by atoms with Gasteiger partial charge in [-0.3, -0.25) is 25.0 Å². The van der Waals surface area contributed by atoms with Gasteiger partial charge in [-0.1, -0.05) is 12.1 Å². The van der Waals surface area contributed by atoms with Gasteiger partial charge in [0.05, 0.1) is 14.2 Å². The summed E-state index contributed by atoms with van der Waals surface area (Å²) in [6, 6.07) is 15.8. The van der Waals surface area contributed by atoms with Crippen molar-refractivity contribution in [3.05, 3.63) is 102 Å². The SMILES string of the molecule is Cc1cc(C)cc(N2C(=O)NC(=O)/C(=C\c3ccc(OCc4ccc([N+](=O)[O-])cc4)c(I)c3)C2=O)c1. The summed E-state index contributed by atoms with van der Waals surface area (Å²) in [5, 5.41) is 13.0. The summed E-state index contributed by atoms with van der Waals surface area (Å²) < 4.78 is 6.56. The zero-order valence-corrected chi connectivity index (χ0v) is 21.4. The van der Waals surface area contributed by atoms with Crippen LogP contribution in [-0.2, 0) is 16.2 Å². The summed E-state index contributed by atoms with van der Waals surface area (Å²) in [5.41, 5.74) is 3.34. The highest BCUT2D eigenvalue weighted by Gasteiger charge is 2.37. The van der Waals surface area contributed by atoms with Gasteiger partial charge in [-0.15, -0.1) is 0 Å². The van der Waals surface area contributed by atoms with Crippen molar-refractivity contribution >= 4 is 57.9 Å². The van der Waals surface area contributed by atoms with E-state index in [1.54, 1.807) is 42.5 Å². The molecule has 1 fully saturated rings. The van der Waals surface area contributed by atoms with Crippen molar-refractivity contribution in [2.75, 3.05) is 4.90 Å². The minimum absolute atomic E-state index is 0.00446. The molecule has 3 aromatic carbocycles. The molecular formula is C26H20IN3O6. The van der Waals surface area contributed by atoms with Crippen molar-refractivity contribution in [1.82, 2.24) is 5.32 Å². The Bertz CT molecular complexity index is 1410. The van der Waals surface area contributed by atoms with Crippen molar-refractivity contribution < 1.29 is 24.0 Å². The fourth-order valence-corrected chi connectivity index (χ4v) is 4.43. The number of benzene rings is 3. The molecule has 0 aliphatic carbocycles. The van der Waals surface area contributed by atoms with Crippen LogP contribution in [0.25, 0.3) is 6.08 Å². The second kappa shape index (κ2) is 10.3. The summed E-state index contributed by atoms with van der Waals surface area (Å²) in [5.74, 6) is -0.899. The molecule has 36 heavy (non-hydrogen) atoms. The normalized spacial score (nSPS) is 14.7. The minimum atomic E-state index is -0.795. The number of hydrogen-bond donors (Lipinski definition) is 1. The molecule has 1 aliphatic heterocycles. The molecular weight excluding hydrogens is 577 g/mol. The lowest BCUT2D eigenvalue weighted by Crippen LogP contribution is -2.54. The van der Waals surface area contributed by atoms with E-state index in [1.165, 1.54) is 18.2 Å². The maximum atomic E-state index is 13.2. The average Bonchev–Trinajstić information content (AvgIpc) is 2.80. The number of nitro groups is 1. The molecule has 1 N–H and O–H groups in total. The molecule has 10 heteroatoms. The molecule has 182 valence electrons. The van der Waals surface area contributed by atoms with Crippen LogP contribution in [0, 0.1) is 27.5 Å². The first-order chi connectivity index (χ1) is 17.1. The number of rotatable bonds is 6. The van der Waals surface area contributed by atoms with Gasteiger partial charge < -0.3 is 4.74 Å². The van der Waals surface area contributed by atoms with E-state index in [1.807, 2.05) is 19.9 Å². The molecule has 0 spiro atoms. The Balaban J connectivity index is 1.54. The number of amides is 4. The summed E-state index contributed by atoms with van der Waals surface area (Å²) >= 11 is 2.08. The molecule has 1 aliphatic rings. The lowest BCUT2D eigenvalue weighted by Gasteiger charge is -2.27. The van der Waals surface area contributed by atoms with Crippen molar-refractivity contribution in [2.24, 2.45) is 0 Å². The smallest absolute Gasteiger partial charge is 0.335 e. The van der Waals surface area contributed by atoms with E-state index in [4.69, 9.17) is 4.74 Å². The number of imide groups is 2. The number of aryl methyl sites for hydroxylation is 2. The molecule has 1 heterocycles. The number of nitrogens with one attached hydrogen (secondary N) is 1. The van der Waals surface area contributed by atoms with Crippen LogP contribution in [0.15, 0.2) is 66.2 Å². The number of barbiturate groups is 1. The Morgan fingerprint density at radius 3 is 2.28 bits per heavy atom. The number of halogens is 1. The van der Waals surface area contributed by atoms with Crippen molar-refractivity contribution in [2.45, 2.75) is 20.5 Å². The second-order valence-electron chi connectivity index (χ2n) is 8.21. The molecule has 3 aromatic rings. The highest BCUT2D eigenvalue weighted by Crippen LogP contribution is 2.27. The van der Waals surface area contributed by atoms with Gasteiger partial charge >= 0.3 is 6.03 Å². The van der Waals surface area contributed by atoms with Crippen LogP contribution in [0.5, 0.6) is 5.75 Å². The number of nitro benzene ring substituents is 1. The van der Waals surface area contributed by atoms with Crippen LogP contribution in [0.2, 0.25) is 0 Å². The van der Waals surface area contributed by atoms with Crippen LogP contribution in [-0.4, -0.2) is 22.8 Å². The highest BCUT2D eigenvalue weighted by atomic mass is 127. The van der Waals surface area contributed by atoms with Gasteiger partial charge in [0.15, 0.2) is 0 Å². The molecule has 4 rings (SSSR count). The number of carbonyl (C=O) groups excluding carboxylic acids is 3. The van der Waals surface area contributed by atoms with Crippen LogP contribution in [0.4, 0.5) is 16.2 Å². The molecule has 0 aromatic heterocycles. The first kappa shape index (κ1) is 25.0. The molecule has 1 saturated heterocycles. The standard InChI is InChI=1S/C26H20IN3O6/c1-15-9-16(2)11-20(10-15)29-25(32)21(24(31)28-26(29)33)12-18-5-8-23(22(27)13-18)36-14-17-3-6-19(7-4-17)30(34)35/h3-13H,14H2,1-2H3,(H,28,31,33)/b21-12+. The number of ether oxygens (including phenoxy) is 1. The van der Waals surface area contributed by atoms with Gasteiger partial charge in [-0.05, 0) is 101 Å². The van der Waals surface area contributed by atoms with Crippen molar-refractivity contribution in [3.63, 3.8) is 0 Å². The maximum Gasteiger partial charge on any atom is 0.335 e. The molecule has 0 radical (unpaired) electrons. The van der Waals surface area contributed by atoms with Gasteiger partial charge in [0, 0.05) is 12.1 Å². The lowest BCUT2D eigenvalue weighted by molar-refractivity contribution is -0.384. The van der Waals surface area contributed by atoms with Crippen LogP contribution in [0.1, 0.15) is 22.3 Å². The van der Waals surface area contributed by atoms with Crippen LogP contribution < -0.4 is 15.0 Å². The molecule has 0 atom stereocenters. The van der Waals surface area contributed by atoms with Gasteiger partial charge in [0.25, 0.3) is 17.5 Å². The largest absolute Gasteiger partial charge is 0.488 e. The lowest BCUT2D eigenvalue weighted by atomic mass is 10.1. The van der Waals surface area contributed by atoms with E-state index < -0.39 is 22.8 Å². The Morgan fingerprint density at radius 2 is 1.67 bits per heavy atom. The molecule has 0 unspecified atom stereocenters. The summed E-state index contributed by atoms with van der Waals surface area (Å²) in [6.07, 6.45) is 1.43. The zero-order valence-electron chi connectivity index (χ0n) is 19.3. The highest BCUT2D eigenvalue weighted by molar-refractivity contribution is 14.1. The predicted molar refractivity (Wildman–Crippen MR) is 142 cm³/mol. The van der Waals surface area contributed by atoms with Crippen molar-refractivity contribution in [3.8, 4) is 5.75 Å². The minimum Gasteiger partial charge on any atom is -0.488 e. The van der Waals surface area contributed by atoms with Gasteiger partial charge in [-0.2, -0.15) is 0 Å². The van der Waals surface area contributed by atoms with E-state index in [-0.39, 0.29) is 17.9 Å². The van der Waals surface area contributed by atoms with E-state index in [2.05, 4.69) is 27.9 Å². The summed E-state index contributed by atoms with van der Waals surface area (Å²) in [7, 11) is 0. The Labute approximate surface area is 220 Å². The van der Waals surface area contributed by atoms with Gasteiger partial charge in [0.2, 0.25) is 0 Å². The maximum absolute atomic E-state index is 13.2. The molecule has 0 bridgehead atoms. The Morgan fingerprint density at radius 1 is 1.00 bits per heavy atom. The first-order valence-electron chi connectivity index (χ1n) is 10.8. The van der Waals surface area contributed by atoms with E-state index in [0.717, 1.165) is 25.2 Å². The van der Waals surface area contributed by atoms with E-state index >= 15 is 0 Å². The van der Waals surface area contributed by atoms with E-state index in [0.29, 0.717) is 17.0 Å². The van der Waals surface area contributed by atoms with Gasteiger partial charge in [-0.25, -0.2) is 9.69 Å². The monoisotopic (exact) mass is 597 g/mol. The third kappa shape index (κ3) is 5.43. The number of anilines is 1. The van der Waals surface area contributed by atoms with Gasteiger partial charge in [0.1, 0.15) is 17.9 Å². The number of non-ortho nitro benzene ring substituents is 1. The quantitative estimate of drug-likeness (QED) is 0.140. The topological polar surface area (TPSA) is 119 Å². The summed E-state index contributed by atoms with van der Waals surface area (Å²) in [4.78, 5) is 49.4. The number of nitrogens with zero attached hydrogens (tertiary/aromatic N) is 2. The first-order valence-corrected chi connectivity index (χ1v) is 11.9. The number of carbonyl (C=O) groups is 3. The average molecular weight is 597 g/mol. The molecule has 4 amide bonds. The van der Waals surface area contributed by atoms with E-state index in [9.17, 15) is 24.5 Å². The number of hydrogen-bond acceptors (Lipinski definition) is 6. The Kier molecular flexibility index (Phi) is 7.15. The molecule has 0 saturated carbocycles. The Hall–Kier alpha value is -4.06. The zero-order chi connectivity index (χ0) is 26.0. The van der Waals surface area contributed by atoms with Crippen molar-refractivity contribution in [1.29, 1.82) is 0 Å². The third-order valence-corrected chi connectivity index (χ3v) is 6.22. The fourth-order valence-electron chi connectivity index (χ4n) is 3.74. The predicted octanol–water partition coefficient (Wildman–Crippen LogP) is 5.06. The van der Waals surface area contributed by atoms with Crippen LogP contribution >= 0.6 is 22.6 Å². The summed E-state index contributed by atoms with van der Waals surface area (Å²) in [6.45, 7) is 3.93. The molecule has 9 nitrogen and oxygen atoms in total. The fraction of sp³-hybridized carbons (Fsp3) is 0.115. The third-order valence-electron chi connectivity index (χ3n) is 5.37.